The summed E-state index contributed by atoms with van der Waals surface area (Å²) in [7, 11) is -3.18. The Balaban J connectivity index is 1.98. The molecule has 1 aliphatic carbocycles. The molecule has 1 fully saturated rings. The molecule has 23 heavy (non-hydrogen) atoms. The summed E-state index contributed by atoms with van der Waals surface area (Å²) in [5, 5.41) is 3.17. The van der Waals surface area contributed by atoms with Crippen molar-refractivity contribution < 1.29 is 13.2 Å². The van der Waals surface area contributed by atoms with Crippen molar-refractivity contribution in [2.75, 3.05) is 5.75 Å². The Hall–Kier alpha value is -1.36. The molecule has 1 saturated carbocycles. The lowest BCUT2D eigenvalue weighted by atomic mass is 9.78. The number of rotatable bonds is 5. The van der Waals surface area contributed by atoms with Crippen LogP contribution in [-0.2, 0) is 21.1 Å². The predicted molar refractivity (Wildman–Crippen MR) is 92.0 cm³/mol. The van der Waals surface area contributed by atoms with Gasteiger partial charge in [0.05, 0.1) is 17.1 Å². The largest absolute Gasteiger partial charge is 0.353 e. The van der Waals surface area contributed by atoms with Crippen molar-refractivity contribution in [1.82, 2.24) is 5.32 Å². The second-order valence-electron chi connectivity index (χ2n) is 6.70. The van der Waals surface area contributed by atoms with Crippen LogP contribution in [0.1, 0.15) is 45.6 Å². The van der Waals surface area contributed by atoms with Gasteiger partial charge in [-0.2, -0.15) is 0 Å². The molecule has 4 nitrogen and oxygen atoms in total. The fourth-order valence-corrected chi connectivity index (χ4v) is 4.25. The van der Waals surface area contributed by atoms with E-state index in [4.69, 9.17) is 0 Å². The number of nitrogens with one attached hydrogen (secondary N) is 1. The maximum absolute atomic E-state index is 12.3. The zero-order valence-electron chi connectivity index (χ0n) is 14.2. The van der Waals surface area contributed by atoms with Crippen molar-refractivity contribution in [2.24, 2.45) is 11.8 Å². The van der Waals surface area contributed by atoms with E-state index in [1.165, 1.54) is 19.3 Å². The number of hydrogen-bond donors (Lipinski definition) is 1. The third-order valence-electron chi connectivity index (χ3n) is 4.90. The normalized spacial score (nSPS) is 25.1. The fraction of sp³-hybridized carbons (Fsp3) is 0.611. The molecule has 0 saturated heterocycles. The molecular formula is C18H27NO3S. The molecule has 0 bridgehead atoms. The summed E-state index contributed by atoms with van der Waals surface area (Å²) in [6.07, 6.45) is 3.86. The Bertz CT molecular complexity index is 627. The van der Waals surface area contributed by atoms with Crippen molar-refractivity contribution in [3.05, 3.63) is 29.8 Å². The van der Waals surface area contributed by atoms with Gasteiger partial charge < -0.3 is 5.32 Å². The lowest BCUT2D eigenvalue weighted by Crippen LogP contribution is -2.46. The molecule has 0 aromatic heterocycles. The van der Waals surface area contributed by atoms with Crippen LogP contribution in [0.15, 0.2) is 29.2 Å². The van der Waals surface area contributed by atoms with Crippen molar-refractivity contribution in [2.45, 2.75) is 57.4 Å². The average Bonchev–Trinajstić information content (AvgIpc) is 2.51. The van der Waals surface area contributed by atoms with Crippen LogP contribution in [0.4, 0.5) is 0 Å². The van der Waals surface area contributed by atoms with E-state index in [-0.39, 0.29) is 17.7 Å². The first-order valence-corrected chi connectivity index (χ1v) is 10.1. The minimum Gasteiger partial charge on any atom is -0.353 e. The summed E-state index contributed by atoms with van der Waals surface area (Å²) in [6.45, 7) is 6.03. The molecule has 3 atom stereocenters. The Morgan fingerprint density at radius 1 is 1.13 bits per heavy atom. The smallest absolute Gasteiger partial charge is 0.224 e. The molecule has 1 aromatic carbocycles. The van der Waals surface area contributed by atoms with Gasteiger partial charge in [-0.05, 0) is 42.4 Å². The highest BCUT2D eigenvalue weighted by Crippen LogP contribution is 2.28. The zero-order valence-corrected chi connectivity index (χ0v) is 15.0. The van der Waals surface area contributed by atoms with Crippen LogP contribution >= 0.6 is 0 Å². The van der Waals surface area contributed by atoms with E-state index in [1.54, 1.807) is 31.2 Å². The highest BCUT2D eigenvalue weighted by molar-refractivity contribution is 7.91. The molecular weight excluding hydrogens is 310 g/mol. The van der Waals surface area contributed by atoms with Gasteiger partial charge in [-0.15, -0.1) is 0 Å². The van der Waals surface area contributed by atoms with E-state index < -0.39 is 9.84 Å². The van der Waals surface area contributed by atoms with Crippen LogP contribution < -0.4 is 5.32 Å². The van der Waals surface area contributed by atoms with E-state index in [9.17, 15) is 13.2 Å². The third kappa shape index (κ3) is 4.56. The van der Waals surface area contributed by atoms with Crippen LogP contribution in [0.25, 0.3) is 0 Å². The standard InChI is InChI=1S/C18H27NO3S/c1-4-23(21,22)16-10-8-15(9-11-16)12-17(20)19-18-13(2)6-5-7-14(18)3/h8-11,13-14,18H,4-7,12H2,1-3H3,(H,19,20)/t13-,14+,18?. The Morgan fingerprint density at radius 2 is 1.70 bits per heavy atom. The summed E-state index contributed by atoms with van der Waals surface area (Å²) in [6, 6.07) is 6.89. The van der Waals surface area contributed by atoms with Gasteiger partial charge in [-0.25, -0.2) is 8.42 Å². The van der Waals surface area contributed by atoms with Gasteiger partial charge >= 0.3 is 0 Å². The first-order chi connectivity index (χ1) is 10.8. The molecule has 2 rings (SSSR count). The second-order valence-corrected chi connectivity index (χ2v) is 8.98. The van der Waals surface area contributed by atoms with Crippen molar-refractivity contribution in [1.29, 1.82) is 0 Å². The van der Waals surface area contributed by atoms with Gasteiger partial charge in [0.1, 0.15) is 0 Å². The molecule has 1 N–H and O–H groups in total. The maximum atomic E-state index is 12.3. The molecule has 1 aliphatic rings. The second kappa shape index (κ2) is 7.47. The summed E-state index contributed by atoms with van der Waals surface area (Å²) in [5.74, 6) is 1.13. The molecule has 1 unspecified atom stereocenters. The van der Waals surface area contributed by atoms with Gasteiger partial charge in [0, 0.05) is 6.04 Å². The first-order valence-electron chi connectivity index (χ1n) is 8.44. The SMILES string of the molecule is CCS(=O)(=O)c1ccc(CC(=O)NC2[C@H](C)CCC[C@@H]2C)cc1. The Kier molecular flexibility index (Phi) is 5.84. The fourth-order valence-electron chi connectivity index (χ4n) is 3.37. The number of amides is 1. The molecule has 5 heteroatoms. The number of benzene rings is 1. The van der Waals surface area contributed by atoms with Gasteiger partial charge in [0.15, 0.2) is 9.84 Å². The van der Waals surface area contributed by atoms with E-state index in [2.05, 4.69) is 19.2 Å². The van der Waals surface area contributed by atoms with Gasteiger partial charge in [0.2, 0.25) is 5.91 Å². The highest BCUT2D eigenvalue weighted by atomic mass is 32.2. The maximum Gasteiger partial charge on any atom is 0.224 e. The molecule has 0 aliphatic heterocycles. The van der Waals surface area contributed by atoms with E-state index in [0.29, 0.717) is 23.2 Å². The lowest BCUT2D eigenvalue weighted by Gasteiger charge is -2.35. The number of carbonyl (C=O) groups excluding carboxylic acids is 1. The monoisotopic (exact) mass is 337 g/mol. The van der Waals surface area contributed by atoms with Gasteiger partial charge in [0.25, 0.3) is 0 Å². The van der Waals surface area contributed by atoms with Crippen LogP contribution in [0.3, 0.4) is 0 Å². The molecule has 128 valence electrons. The van der Waals surface area contributed by atoms with Crippen LogP contribution in [0, 0.1) is 11.8 Å². The third-order valence-corrected chi connectivity index (χ3v) is 6.65. The van der Waals surface area contributed by atoms with Crippen LogP contribution in [0.5, 0.6) is 0 Å². The topological polar surface area (TPSA) is 63.2 Å². The van der Waals surface area contributed by atoms with Gasteiger partial charge in [-0.1, -0.05) is 39.3 Å². The predicted octanol–water partition coefficient (Wildman–Crippen LogP) is 2.96. The molecule has 0 heterocycles. The van der Waals surface area contributed by atoms with Crippen molar-refractivity contribution >= 4 is 15.7 Å². The Labute approximate surface area is 139 Å². The quantitative estimate of drug-likeness (QED) is 0.898. The summed E-state index contributed by atoms with van der Waals surface area (Å²) >= 11 is 0. The molecule has 1 aromatic rings. The minimum absolute atomic E-state index is 0.0155. The summed E-state index contributed by atoms with van der Waals surface area (Å²) in [4.78, 5) is 12.6. The summed E-state index contributed by atoms with van der Waals surface area (Å²) in [5.41, 5.74) is 0.841. The molecule has 1 amide bonds. The van der Waals surface area contributed by atoms with Crippen molar-refractivity contribution in [3.63, 3.8) is 0 Å². The van der Waals surface area contributed by atoms with E-state index in [1.807, 2.05) is 0 Å². The number of hydrogen-bond acceptors (Lipinski definition) is 3. The van der Waals surface area contributed by atoms with Crippen LogP contribution in [0.2, 0.25) is 0 Å². The van der Waals surface area contributed by atoms with E-state index >= 15 is 0 Å². The number of carbonyl (C=O) groups is 1. The average molecular weight is 337 g/mol. The van der Waals surface area contributed by atoms with Crippen molar-refractivity contribution in [3.8, 4) is 0 Å². The Morgan fingerprint density at radius 3 is 2.22 bits per heavy atom. The molecule has 0 radical (unpaired) electrons. The summed E-state index contributed by atoms with van der Waals surface area (Å²) < 4.78 is 23.6. The number of sulfone groups is 1. The highest BCUT2D eigenvalue weighted by Gasteiger charge is 2.28. The van der Waals surface area contributed by atoms with E-state index in [0.717, 1.165) is 5.56 Å². The van der Waals surface area contributed by atoms with Crippen LogP contribution in [-0.4, -0.2) is 26.1 Å². The minimum atomic E-state index is -3.18. The lowest BCUT2D eigenvalue weighted by molar-refractivity contribution is -0.122. The molecule has 0 spiro atoms. The first kappa shape index (κ1) is 18.0. The zero-order chi connectivity index (χ0) is 17.0. The van der Waals surface area contributed by atoms with Gasteiger partial charge in [-0.3, -0.25) is 4.79 Å².